The van der Waals surface area contributed by atoms with Crippen molar-refractivity contribution in [2.45, 2.75) is 83.2 Å². The van der Waals surface area contributed by atoms with E-state index in [0.717, 1.165) is 63.7 Å². The number of anilines is 1. The highest BCUT2D eigenvalue weighted by Crippen LogP contribution is 2.48. The second kappa shape index (κ2) is 20.5. The summed E-state index contributed by atoms with van der Waals surface area (Å²) in [6, 6.07) is 9.25. The highest BCUT2D eigenvalue weighted by atomic mass is 32.2. The summed E-state index contributed by atoms with van der Waals surface area (Å²) in [5.41, 5.74) is 2.59. The zero-order chi connectivity index (χ0) is 37.6. The zero-order valence-corrected chi connectivity index (χ0v) is 32.1. The number of halogens is 1. The van der Waals surface area contributed by atoms with E-state index in [1.54, 1.807) is 18.2 Å². The molecule has 1 aliphatic carbocycles. The average molecular weight is 763 g/mol. The number of carbonyl (C=O) groups is 1. The van der Waals surface area contributed by atoms with Gasteiger partial charge in [0, 0.05) is 43.9 Å². The summed E-state index contributed by atoms with van der Waals surface area (Å²) in [6.07, 6.45) is 10.3. The Balaban J connectivity index is 0.000000352. The maximum absolute atomic E-state index is 13.6. The first-order chi connectivity index (χ1) is 25.7. The molecule has 3 fully saturated rings. The summed E-state index contributed by atoms with van der Waals surface area (Å²) < 4.78 is 80.2. The first-order valence-corrected chi connectivity index (χ1v) is 20.7. The van der Waals surface area contributed by atoms with Crippen LogP contribution in [0.1, 0.15) is 86.6 Å². The maximum atomic E-state index is 13.6. The van der Waals surface area contributed by atoms with Crippen LogP contribution in [-0.2, 0) is 38.4 Å². The van der Waals surface area contributed by atoms with E-state index in [4.69, 9.17) is 32.8 Å². The number of rotatable bonds is 18. The zero-order valence-electron chi connectivity index (χ0n) is 31.2. The van der Waals surface area contributed by atoms with Gasteiger partial charge in [0.2, 0.25) is 10.0 Å². The van der Waals surface area contributed by atoms with Gasteiger partial charge in [0.1, 0.15) is 17.2 Å². The predicted octanol–water partition coefficient (Wildman–Crippen LogP) is 6.76. The minimum Gasteiger partial charge on any atom is -0.455 e. The van der Waals surface area contributed by atoms with E-state index in [1.807, 2.05) is 6.07 Å². The van der Waals surface area contributed by atoms with Crippen LogP contribution in [0.3, 0.4) is 0 Å². The summed E-state index contributed by atoms with van der Waals surface area (Å²) in [5, 5.41) is 3.24. The van der Waals surface area contributed by atoms with Crippen molar-refractivity contribution in [3.63, 3.8) is 0 Å². The molecule has 0 spiro atoms. The van der Waals surface area contributed by atoms with Gasteiger partial charge in [0.15, 0.2) is 12.6 Å². The van der Waals surface area contributed by atoms with Crippen LogP contribution in [0.25, 0.3) is 22.3 Å². The van der Waals surface area contributed by atoms with Gasteiger partial charge in [-0.3, -0.25) is 9.10 Å². The topological polar surface area (TPSA) is 135 Å². The molecule has 3 aliphatic rings. The van der Waals surface area contributed by atoms with Crippen LogP contribution in [0.5, 0.6) is 0 Å². The lowest BCUT2D eigenvalue weighted by Crippen LogP contribution is -2.34. The van der Waals surface area contributed by atoms with E-state index in [1.165, 1.54) is 42.6 Å². The van der Waals surface area contributed by atoms with Crippen molar-refractivity contribution < 1.29 is 50.4 Å². The third kappa shape index (κ3) is 12.2. The Morgan fingerprint density at radius 2 is 1.49 bits per heavy atom. The predicted molar refractivity (Wildman–Crippen MR) is 200 cm³/mol. The Morgan fingerprint density at radius 1 is 0.868 bits per heavy atom. The lowest BCUT2D eigenvalue weighted by Gasteiger charge is -2.25. The van der Waals surface area contributed by atoms with E-state index >= 15 is 0 Å². The molecule has 2 aromatic carbocycles. The third-order valence-corrected chi connectivity index (χ3v) is 10.4. The van der Waals surface area contributed by atoms with E-state index in [-0.39, 0.29) is 37.6 Å². The Kier molecular flexibility index (Phi) is 15.9. The molecular weight excluding hydrogens is 707 g/mol. The molecule has 1 N–H and O–H groups in total. The lowest BCUT2D eigenvalue weighted by atomic mass is 10.0. The number of hydrogen-bond acceptors (Lipinski definition) is 10. The molecule has 2 aliphatic heterocycles. The fourth-order valence-electron chi connectivity index (χ4n) is 6.36. The van der Waals surface area contributed by atoms with Gasteiger partial charge in [-0.05, 0) is 99.6 Å². The van der Waals surface area contributed by atoms with E-state index in [2.05, 4.69) is 12.2 Å². The number of fused-ring (bicyclic) bond motifs is 1. The van der Waals surface area contributed by atoms with Gasteiger partial charge < -0.3 is 38.2 Å². The van der Waals surface area contributed by atoms with Gasteiger partial charge in [-0.1, -0.05) is 6.92 Å². The smallest absolute Gasteiger partial charge is 0.255 e. The van der Waals surface area contributed by atoms with E-state index in [9.17, 15) is 17.6 Å². The molecule has 6 rings (SSSR count). The molecule has 2 atom stereocenters. The van der Waals surface area contributed by atoms with Crippen molar-refractivity contribution >= 4 is 32.6 Å². The fourth-order valence-corrected chi connectivity index (χ4v) is 7.29. The van der Waals surface area contributed by atoms with Gasteiger partial charge in [0.05, 0.1) is 57.1 Å². The van der Waals surface area contributed by atoms with Crippen LogP contribution >= 0.6 is 0 Å². The van der Waals surface area contributed by atoms with Crippen LogP contribution in [-0.4, -0.2) is 99.6 Å². The molecule has 3 aromatic rings. The first-order valence-electron chi connectivity index (χ1n) is 18.9. The number of carbonyl (C=O) groups excluding carboxylic acids is 1. The quantitative estimate of drug-likeness (QED) is 0.139. The van der Waals surface area contributed by atoms with Crippen molar-refractivity contribution in [1.82, 2.24) is 5.32 Å². The van der Waals surface area contributed by atoms with Crippen molar-refractivity contribution in [2.24, 2.45) is 0 Å². The first kappa shape index (κ1) is 41.1. The summed E-state index contributed by atoms with van der Waals surface area (Å²) in [5.74, 6) is -0.277. The van der Waals surface area contributed by atoms with Crippen molar-refractivity contribution in [2.75, 3.05) is 77.0 Å². The summed E-state index contributed by atoms with van der Waals surface area (Å²) >= 11 is 0. The number of hydrogen-bond donors (Lipinski definition) is 1. The normalized spacial score (nSPS) is 19.1. The monoisotopic (exact) mass is 762 g/mol. The molecule has 12 nitrogen and oxygen atoms in total. The molecule has 2 saturated heterocycles. The summed E-state index contributed by atoms with van der Waals surface area (Å²) in [7, 11) is -2.13. The average Bonchev–Trinajstić information content (AvgIpc) is 3.95. The number of ether oxygens (including phenoxy) is 6. The van der Waals surface area contributed by atoms with Gasteiger partial charge in [-0.25, -0.2) is 12.8 Å². The SMILES string of the molecule is CCCOCCOC1CCCCO1.CNC(=O)c1c(-c2ccc(F)cc2)oc2cc(N(CCOCCOC3CCCCO3)S(C)(=O)=O)c(C3CC3)cc12. The molecule has 1 saturated carbocycles. The number of nitrogens with zero attached hydrogens (tertiary/aromatic N) is 1. The second-order valence-electron chi connectivity index (χ2n) is 13.5. The van der Waals surface area contributed by atoms with Crippen LogP contribution in [0.4, 0.5) is 10.1 Å². The van der Waals surface area contributed by atoms with Crippen molar-refractivity contribution in [3.8, 4) is 11.3 Å². The van der Waals surface area contributed by atoms with Gasteiger partial charge in [-0.15, -0.1) is 0 Å². The van der Waals surface area contributed by atoms with Crippen molar-refractivity contribution in [3.05, 3.63) is 53.3 Å². The van der Waals surface area contributed by atoms with Gasteiger partial charge in [0.25, 0.3) is 5.91 Å². The van der Waals surface area contributed by atoms with Crippen LogP contribution < -0.4 is 9.62 Å². The van der Waals surface area contributed by atoms with Gasteiger partial charge >= 0.3 is 0 Å². The van der Waals surface area contributed by atoms with Crippen molar-refractivity contribution in [1.29, 1.82) is 0 Å². The highest BCUT2D eigenvalue weighted by molar-refractivity contribution is 7.92. The molecule has 1 amide bonds. The third-order valence-electron chi connectivity index (χ3n) is 9.21. The molecule has 3 heterocycles. The molecule has 0 bridgehead atoms. The molecule has 53 heavy (non-hydrogen) atoms. The molecule has 294 valence electrons. The molecular formula is C39H55FN2O10S. The summed E-state index contributed by atoms with van der Waals surface area (Å²) in [4.78, 5) is 13.0. The number of nitrogens with one attached hydrogen (secondary N) is 1. The van der Waals surface area contributed by atoms with Gasteiger partial charge in [-0.2, -0.15) is 0 Å². The van der Waals surface area contributed by atoms with E-state index < -0.39 is 15.8 Å². The molecule has 14 heteroatoms. The van der Waals surface area contributed by atoms with Crippen LogP contribution in [0.15, 0.2) is 40.8 Å². The highest BCUT2D eigenvalue weighted by Gasteiger charge is 2.33. The Morgan fingerprint density at radius 3 is 2.02 bits per heavy atom. The minimum absolute atomic E-state index is 0.0268. The standard InChI is InChI=1S/C29H35FN2O7S.C10H20O3/c1-31-29(33)27-23-17-22(19-6-7-19)24(18-25(23)39-28(27)20-8-10-21(30)11-9-20)32(40(2,34)35)12-14-36-15-16-38-26-5-3-4-13-37-26;1-2-6-11-8-9-13-10-5-3-4-7-12-10/h8-11,17-19,26H,3-7,12-16H2,1-2H3,(H,31,33);10H,2-9H2,1H3. The largest absolute Gasteiger partial charge is 0.455 e. The number of benzene rings is 2. The minimum atomic E-state index is -3.67. The maximum Gasteiger partial charge on any atom is 0.255 e. The lowest BCUT2D eigenvalue weighted by molar-refractivity contribution is -0.169. The second-order valence-corrected chi connectivity index (χ2v) is 15.4. The fraction of sp³-hybridized carbons (Fsp3) is 0.615. The van der Waals surface area contributed by atoms with E-state index in [0.29, 0.717) is 66.6 Å². The Bertz CT molecular complexity index is 1680. The number of furan rings is 1. The molecule has 2 unspecified atom stereocenters. The molecule has 1 aromatic heterocycles. The molecule has 0 radical (unpaired) electrons. The number of sulfonamides is 1. The Labute approximate surface area is 312 Å². The van der Waals surface area contributed by atoms with Crippen LogP contribution in [0.2, 0.25) is 0 Å². The number of amides is 1. The van der Waals surface area contributed by atoms with Crippen LogP contribution in [0, 0.1) is 5.82 Å². The summed E-state index contributed by atoms with van der Waals surface area (Å²) in [6.45, 7) is 6.79. The Hall–Kier alpha value is -3.11.